The highest BCUT2D eigenvalue weighted by molar-refractivity contribution is 6.16. The first-order chi connectivity index (χ1) is 11.2. The summed E-state index contributed by atoms with van der Waals surface area (Å²) in [5.41, 5.74) is 3.23. The minimum absolute atomic E-state index is 0.241. The van der Waals surface area contributed by atoms with E-state index in [1.165, 1.54) is 13.2 Å². The van der Waals surface area contributed by atoms with E-state index < -0.39 is 11.6 Å². The molecule has 5 nitrogen and oxygen atoms in total. The summed E-state index contributed by atoms with van der Waals surface area (Å²) in [5.74, 6) is -0.538. The summed E-state index contributed by atoms with van der Waals surface area (Å²) >= 11 is 0. The minimum Gasteiger partial charge on any atom is -0.465 e. The molecule has 23 heavy (non-hydrogen) atoms. The van der Waals surface area contributed by atoms with Crippen LogP contribution in [-0.4, -0.2) is 18.1 Å². The van der Waals surface area contributed by atoms with Gasteiger partial charge in [-0.05, 0) is 37.3 Å². The lowest BCUT2D eigenvalue weighted by atomic mass is 9.86. The van der Waals surface area contributed by atoms with Gasteiger partial charge in [0.05, 0.1) is 18.2 Å². The molecule has 2 heterocycles. The number of pyridine rings is 1. The minimum atomic E-state index is -0.538. The molecular formula is C18H15NO4. The lowest BCUT2D eigenvalue weighted by molar-refractivity contribution is 0.0602. The second-order valence-corrected chi connectivity index (χ2v) is 5.74. The van der Waals surface area contributed by atoms with Crippen LogP contribution in [0.5, 0.6) is 0 Å². The van der Waals surface area contributed by atoms with Gasteiger partial charge in [-0.25, -0.2) is 9.59 Å². The van der Waals surface area contributed by atoms with E-state index in [1.54, 1.807) is 6.20 Å². The number of aryl methyl sites for hydroxylation is 2. The predicted molar refractivity (Wildman–Crippen MR) is 85.8 cm³/mol. The fourth-order valence-corrected chi connectivity index (χ4v) is 3.51. The molecule has 2 aromatic heterocycles. The molecule has 0 radical (unpaired) electrons. The monoisotopic (exact) mass is 309 g/mol. The number of carbonyl (C=O) groups is 1. The van der Waals surface area contributed by atoms with E-state index in [4.69, 9.17) is 9.15 Å². The predicted octanol–water partition coefficient (Wildman–Crippen LogP) is 3.01. The Bertz CT molecular complexity index is 1000. The number of hydrogen-bond donors (Lipinski definition) is 0. The zero-order valence-corrected chi connectivity index (χ0v) is 12.7. The molecule has 5 heteroatoms. The molecule has 3 aromatic rings. The van der Waals surface area contributed by atoms with Crippen LogP contribution in [0.15, 0.2) is 33.6 Å². The molecule has 1 aliphatic rings. The van der Waals surface area contributed by atoms with Crippen molar-refractivity contribution in [1.29, 1.82) is 0 Å². The van der Waals surface area contributed by atoms with Gasteiger partial charge in [0, 0.05) is 28.6 Å². The number of nitrogens with zero attached hydrogens (tertiary/aromatic N) is 1. The van der Waals surface area contributed by atoms with Gasteiger partial charge in [0.25, 0.3) is 0 Å². The summed E-state index contributed by atoms with van der Waals surface area (Å²) in [6.07, 6.45) is 5.61. The van der Waals surface area contributed by atoms with Crippen LogP contribution in [0.25, 0.3) is 21.9 Å². The van der Waals surface area contributed by atoms with Crippen LogP contribution in [0.3, 0.4) is 0 Å². The van der Waals surface area contributed by atoms with Gasteiger partial charge in [-0.3, -0.25) is 4.98 Å². The molecule has 0 N–H and O–H groups in total. The van der Waals surface area contributed by atoms with Crippen molar-refractivity contribution in [3.63, 3.8) is 0 Å². The number of benzene rings is 1. The van der Waals surface area contributed by atoms with Crippen LogP contribution in [0, 0.1) is 0 Å². The Morgan fingerprint density at radius 2 is 2.04 bits per heavy atom. The fourth-order valence-electron chi connectivity index (χ4n) is 3.51. The van der Waals surface area contributed by atoms with Gasteiger partial charge < -0.3 is 9.15 Å². The second kappa shape index (κ2) is 5.19. The lowest BCUT2D eigenvalue weighted by Crippen LogP contribution is -2.12. The molecule has 0 bridgehead atoms. The Kier molecular flexibility index (Phi) is 3.15. The van der Waals surface area contributed by atoms with Crippen molar-refractivity contribution >= 4 is 27.8 Å². The Hall–Kier alpha value is -2.69. The molecule has 0 saturated carbocycles. The first kappa shape index (κ1) is 13.9. The molecule has 0 aliphatic heterocycles. The summed E-state index contributed by atoms with van der Waals surface area (Å²) in [4.78, 5) is 28.6. The lowest BCUT2D eigenvalue weighted by Gasteiger charge is -2.20. The van der Waals surface area contributed by atoms with Crippen molar-refractivity contribution in [2.45, 2.75) is 25.7 Å². The number of esters is 1. The van der Waals surface area contributed by atoms with Crippen LogP contribution < -0.4 is 5.63 Å². The van der Waals surface area contributed by atoms with Crippen molar-refractivity contribution in [3.8, 4) is 0 Å². The number of hydrogen-bond acceptors (Lipinski definition) is 5. The Morgan fingerprint density at radius 1 is 1.26 bits per heavy atom. The number of fused-ring (bicyclic) bond motifs is 6. The first-order valence-electron chi connectivity index (χ1n) is 7.65. The third-order valence-electron chi connectivity index (χ3n) is 4.47. The zero-order chi connectivity index (χ0) is 16.0. The highest BCUT2D eigenvalue weighted by Crippen LogP contribution is 2.37. The van der Waals surface area contributed by atoms with Crippen LogP contribution in [0.4, 0.5) is 0 Å². The number of aromatic nitrogens is 1. The van der Waals surface area contributed by atoms with E-state index in [-0.39, 0.29) is 5.56 Å². The molecule has 4 rings (SSSR count). The van der Waals surface area contributed by atoms with Gasteiger partial charge in [0.15, 0.2) is 0 Å². The van der Waals surface area contributed by atoms with Gasteiger partial charge in [0.2, 0.25) is 0 Å². The number of methoxy groups -OCH3 is 1. The van der Waals surface area contributed by atoms with E-state index in [9.17, 15) is 9.59 Å². The average Bonchev–Trinajstić information content (AvgIpc) is 2.60. The second-order valence-electron chi connectivity index (χ2n) is 5.74. The summed E-state index contributed by atoms with van der Waals surface area (Å²) in [7, 11) is 1.31. The molecular weight excluding hydrogens is 294 g/mol. The third-order valence-corrected chi connectivity index (χ3v) is 4.47. The van der Waals surface area contributed by atoms with Crippen LogP contribution in [0.1, 0.15) is 34.3 Å². The Labute approximate surface area is 131 Å². The molecule has 0 fully saturated rings. The Morgan fingerprint density at radius 3 is 2.83 bits per heavy atom. The van der Waals surface area contributed by atoms with E-state index in [0.29, 0.717) is 11.0 Å². The zero-order valence-electron chi connectivity index (χ0n) is 12.7. The molecule has 116 valence electrons. The summed E-state index contributed by atoms with van der Waals surface area (Å²) < 4.78 is 10.4. The maximum absolute atomic E-state index is 12.2. The number of ether oxygens (including phenoxy) is 1. The number of carbonyl (C=O) groups excluding carboxylic acids is 1. The quantitative estimate of drug-likeness (QED) is 0.392. The number of rotatable bonds is 1. The van der Waals surface area contributed by atoms with Gasteiger partial charge in [-0.15, -0.1) is 0 Å². The van der Waals surface area contributed by atoms with E-state index in [2.05, 4.69) is 4.98 Å². The van der Waals surface area contributed by atoms with Crippen molar-refractivity contribution in [1.82, 2.24) is 4.98 Å². The largest absolute Gasteiger partial charge is 0.465 e. The topological polar surface area (TPSA) is 69.4 Å². The van der Waals surface area contributed by atoms with Gasteiger partial charge in [-0.2, -0.15) is 0 Å². The fraction of sp³-hybridized carbons (Fsp3) is 0.278. The molecule has 1 aliphatic carbocycles. The summed E-state index contributed by atoms with van der Waals surface area (Å²) in [5, 5.41) is 1.45. The van der Waals surface area contributed by atoms with Crippen LogP contribution >= 0.6 is 0 Å². The maximum atomic E-state index is 12.2. The summed E-state index contributed by atoms with van der Waals surface area (Å²) in [6, 6.07) is 4.94. The standard InChI is InChI=1S/C18H15NO4/c1-22-18(21)13-9-14(20)23-17-11-6-3-2-5-10(11)16-12(15(13)17)7-4-8-19-16/h4,7-9H,2-3,5-6H2,1H3. The maximum Gasteiger partial charge on any atom is 0.338 e. The summed E-state index contributed by atoms with van der Waals surface area (Å²) in [6.45, 7) is 0. The first-order valence-corrected chi connectivity index (χ1v) is 7.65. The van der Waals surface area contributed by atoms with Crippen molar-refractivity contribution in [2.75, 3.05) is 7.11 Å². The highest BCUT2D eigenvalue weighted by Gasteiger charge is 2.24. The molecule has 0 spiro atoms. The van der Waals surface area contributed by atoms with Gasteiger partial charge in [-0.1, -0.05) is 6.07 Å². The highest BCUT2D eigenvalue weighted by atomic mass is 16.5. The van der Waals surface area contributed by atoms with Gasteiger partial charge >= 0.3 is 11.6 Å². The molecule has 0 amide bonds. The third kappa shape index (κ3) is 2.04. The van der Waals surface area contributed by atoms with Crippen LogP contribution in [0.2, 0.25) is 0 Å². The van der Waals surface area contributed by atoms with E-state index in [1.807, 2.05) is 12.1 Å². The van der Waals surface area contributed by atoms with Gasteiger partial charge in [0.1, 0.15) is 5.58 Å². The Balaban J connectivity index is 2.28. The molecule has 0 unspecified atom stereocenters. The average molecular weight is 309 g/mol. The van der Waals surface area contributed by atoms with Crippen molar-refractivity contribution < 1.29 is 13.9 Å². The van der Waals surface area contributed by atoms with Crippen molar-refractivity contribution in [2.24, 2.45) is 0 Å². The molecule has 0 atom stereocenters. The molecule has 1 aromatic carbocycles. The SMILES string of the molecule is COC(=O)c1cc(=O)oc2c3c(c4ncccc4c12)CCCC3. The molecule has 0 saturated heterocycles. The van der Waals surface area contributed by atoms with E-state index >= 15 is 0 Å². The van der Waals surface area contributed by atoms with Crippen LogP contribution in [-0.2, 0) is 17.6 Å². The smallest absolute Gasteiger partial charge is 0.338 e. The van der Waals surface area contributed by atoms with E-state index in [0.717, 1.165) is 47.7 Å². The van der Waals surface area contributed by atoms with Crippen molar-refractivity contribution in [3.05, 3.63) is 51.5 Å². The normalized spacial score (nSPS) is 14.0.